The molecular formula is C25H28O4. The highest BCUT2D eigenvalue weighted by molar-refractivity contribution is 5.85. The van der Waals surface area contributed by atoms with Gasteiger partial charge in [-0.25, -0.2) is 4.79 Å². The van der Waals surface area contributed by atoms with Crippen LogP contribution >= 0.6 is 0 Å². The van der Waals surface area contributed by atoms with Crippen LogP contribution in [0.1, 0.15) is 59.1 Å². The predicted octanol–water partition coefficient (Wildman–Crippen LogP) is 5.55. The zero-order valence-corrected chi connectivity index (χ0v) is 17.4. The van der Waals surface area contributed by atoms with Crippen molar-refractivity contribution in [1.29, 1.82) is 0 Å². The van der Waals surface area contributed by atoms with Crippen molar-refractivity contribution in [3.63, 3.8) is 0 Å². The lowest BCUT2D eigenvalue weighted by atomic mass is 9.83. The smallest absolute Gasteiger partial charge is 0.351 e. The third-order valence-electron chi connectivity index (χ3n) is 6.08. The number of ether oxygens (including phenoxy) is 3. The number of rotatable bonds is 6. The Morgan fingerprint density at radius 1 is 1.24 bits per heavy atom. The van der Waals surface area contributed by atoms with Gasteiger partial charge in [0.25, 0.3) is 0 Å². The monoisotopic (exact) mass is 392 g/mol. The Kier molecular flexibility index (Phi) is 5.35. The second-order valence-corrected chi connectivity index (χ2v) is 7.91. The summed E-state index contributed by atoms with van der Waals surface area (Å²) in [7, 11) is 1.39. The molecule has 29 heavy (non-hydrogen) atoms. The van der Waals surface area contributed by atoms with E-state index in [2.05, 4.69) is 37.8 Å². The SMILES string of the molecule is C=COC(C(=O)OC)c1c(C)ccc(C2CC2)c1-c1ccc2c(c1C)CCCO2. The van der Waals surface area contributed by atoms with Gasteiger partial charge in [-0.2, -0.15) is 0 Å². The molecule has 2 aromatic rings. The molecule has 1 atom stereocenters. The first-order chi connectivity index (χ1) is 14.1. The molecule has 1 aliphatic heterocycles. The highest BCUT2D eigenvalue weighted by atomic mass is 16.6. The second-order valence-electron chi connectivity index (χ2n) is 7.91. The molecule has 0 radical (unpaired) electrons. The minimum atomic E-state index is -0.835. The van der Waals surface area contributed by atoms with Crippen LogP contribution in [-0.4, -0.2) is 19.7 Å². The van der Waals surface area contributed by atoms with Crippen LogP contribution < -0.4 is 4.74 Å². The molecule has 0 spiro atoms. The number of aryl methyl sites for hydroxylation is 1. The average molecular weight is 392 g/mol. The Hall–Kier alpha value is -2.75. The van der Waals surface area contributed by atoms with E-state index in [1.807, 2.05) is 6.92 Å². The van der Waals surface area contributed by atoms with Crippen LogP contribution in [0.15, 0.2) is 37.1 Å². The molecule has 1 fully saturated rings. The minimum Gasteiger partial charge on any atom is -0.493 e. The van der Waals surface area contributed by atoms with E-state index in [0.717, 1.165) is 47.5 Å². The molecule has 0 amide bonds. The van der Waals surface area contributed by atoms with Crippen molar-refractivity contribution in [2.75, 3.05) is 13.7 Å². The summed E-state index contributed by atoms with van der Waals surface area (Å²) < 4.78 is 16.6. The molecule has 4 nitrogen and oxygen atoms in total. The summed E-state index contributed by atoms with van der Waals surface area (Å²) in [6.07, 6.45) is 4.87. The van der Waals surface area contributed by atoms with Crippen LogP contribution in [0.3, 0.4) is 0 Å². The normalized spacial score (nSPS) is 16.4. The van der Waals surface area contributed by atoms with Gasteiger partial charge in [-0.3, -0.25) is 0 Å². The van der Waals surface area contributed by atoms with Gasteiger partial charge < -0.3 is 14.2 Å². The maximum atomic E-state index is 12.6. The van der Waals surface area contributed by atoms with Crippen LogP contribution in [0.4, 0.5) is 0 Å². The number of benzene rings is 2. The molecule has 0 saturated heterocycles. The van der Waals surface area contributed by atoms with Crippen LogP contribution in [0, 0.1) is 13.8 Å². The van der Waals surface area contributed by atoms with Gasteiger partial charge in [0, 0.05) is 5.56 Å². The summed E-state index contributed by atoms with van der Waals surface area (Å²) in [6.45, 7) is 8.63. The van der Waals surface area contributed by atoms with E-state index in [9.17, 15) is 4.79 Å². The molecule has 1 saturated carbocycles. The van der Waals surface area contributed by atoms with E-state index < -0.39 is 12.1 Å². The Bertz CT molecular complexity index is 956. The lowest BCUT2D eigenvalue weighted by molar-refractivity contribution is -0.151. The van der Waals surface area contributed by atoms with Crippen molar-refractivity contribution < 1.29 is 19.0 Å². The van der Waals surface area contributed by atoms with Crippen molar-refractivity contribution in [2.24, 2.45) is 0 Å². The molecule has 1 aliphatic carbocycles. The second kappa shape index (κ2) is 7.94. The maximum absolute atomic E-state index is 12.6. The molecule has 4 heteroatoms. The van der Waals surface area contributed by atoms with Gasteiger partial charge in [0.05, 0.1) is 20.0 Å². The van der Waals surface area contributed by atoms with E-state index in [-0.39, 0.29) is 0 Å². The summed E-state index contributed by atoms with van der Waals surface area (Å²) in [6, 6.07) is 8.50. The summed E-state index contributed by atoms with van der Waals surface area (Å²) in [4.78, 5) is 12.6. The first-order valence-corrected chi connectivity index (χ1v) is 10.3. The Morgan fingerprint density at radius 2 is 2.03 bits per heavy atom. The molecule has 152 valence electrons. The van der Waals surface area contributed by atoms with E-state index in [0.29, 0.717) is 5.92 Å². The van der Waals surface area contributed by atoms with Crippen molar-refractivity contribution in [3.05, 3.63) is 64.9 Å². The largest absolute Gasteiger partial charge is 0.493 e. The topological polar surface area (TPSA) is 44.8 Å². The average Bonchev–Trinajstić information content (AvgIpc) is 3.57. The van der Waals surface area contributed by atoms with Gasteiger partial charge in [-0.1, -0.05) is 24.8 Å². The zero-order valence-electron chi connectivity index (χ0n) is 17.4. The van der Waals surface area contributed by atoms with Gasteiger partial charge in [0.2, 0.25) is 6.10 Å². The van der Waals surface area contributed by atoms with Gasteiger partial charge >= 0.3 is 5.97 Å². The first kappa shape index (κ1) is 19.6. The molecule has 1 unspecified atom stereocenters. The fourth-order valence-corrected chi connectivity index (χ4v) is 4.44. The van der Waals surface area contributed by atoms with Crippen molar-refractivity contribution in [2.45, 2.75) is 51.6 Å². The van der Waals surface area contributed by atoms with E-state index in [1.165, 1.54) is 42.9 Å². The molecular weight excluding hydrogens is 364 g/mol. The number of hydrogen-bond acceptors (Lipinski definition) is 4. The summed E-state index contributed by atoms with van der Waals surface area (Å²) in [5.41, 5.74) is 7.91. The van der Waals surface area contributed by atoms with Crippen LogP contribution in [-0.2, 0) is 20.7 Å². The molecule has 1 heterocycles. The molecule has 2 aliphatic rings. The zero-order chi connectivity index (χ0) is 20.5. The third-order valence-corrected chi connectivity index (χ3v) is 6.08. The standard InChI is InChI=1S/C25H28O4/c1-5-28-24(25(26)27-4)22-15(2)8-11-20(17-9-10-17)23(22)19-12-13-21-18(16(19)3)7-6-14-29-21/h5,8,11-13,17,24H,1,6-7,9-10,14H2,2-4H3. The van der Waals surface area contributed by atoms with Crippen molar-refractivity contribution in [3.8, 4) is 16.9 Å². The minimum absolute atomic E-state index is 0.416. The first-order valence-electron chi connectivity index (χ1n) is 10.3. The number of hydrogen-bond donors (Lipinski definition) is 0. The molecule has 4 rings (SSSR count). The Labute approximate surface area is 172 Å². The van der Waals surface area contributed by atoms with Gasteiger partial charge in [0.15, 0.2) is 0 Å². The molecule has 0 N–H and O–H groups in total. The van der Waals surface area contributed by atoms with Crippen molar-refractivity contribution >= 4 is 5.97 Å². The lowest BCUT2D eigenvalue weighted by Gasteiger charge is -2.26. The maximum Gasteiger partial charge on any atom is 0.351 e. The fraction of sp³-hybridized carbons (Fsp3) is 0.400. The predicted molar refractivity (Wildman–Crippen MR) is 113 cm³/mol. The lowest BCUT2D eigenvalue weighted by Crippen LogP contribution is -2.19. The molecule has 2 aromatic carbocycles. The molecule has 0 bridgehead atoms. The fourth-order valence-electron chi connectivity index (χ4n) is 4.44. The van der Waals surface area contributed by atoms with Crippen LogP contribution in [0.5, 0.6) is 5.75 Å². The Morgan fingerprint density at radius 3 is 2.72 bits per heavy atom. The van der Waals surface area contributed by atoms with Gasteiger partial charge in [-0.15, -0.1) is 0 Å². The number of methoxy groups -OCH3 is 1. The number of carbonyl (C=O) groups is 1. The third kappa shape index (κ3) is 3.52. The van der Waals surface area contributed by atoms with Crippen molar-refractivity contribution in [1.82, 2.24) is 0 Å². The number of esters is 1. The summed E-state index contributed by atoms with van der Waals surface area (Å²) >= 11 is 0. The van der Waals surface area contributed by atoms with Gasteiger partial charge in [0.1, 0.15) is 5.75 Å². The number of carbonyl (C=O) groups excluding carboxylic acids is 1. The van der Waals surface area contributed by atoms with Crippen LogP contribution in [0.2, 0.25) is 0 Å². The summed E-state index contributed by atoms with van der Waals surface area (Å²) in [5, 5.41) is 0. The quantitative estimate of drug-likeness (QED) is 0.478. The van der Waals surface area contributed by atoms with Gasteiger partial charge in [-0.05, 0) is 84.9 Å². The van der Waals surface area contributed by atoms with E-state index >= 15 is 0 Å². The highest BCUT2D eigenvalue weighted by Crippen LogP contribution is 2.49. The highest BCUT2D eigenvalue weighted by Gasteiger charge is 2.34. The number of fused-ring (bicyclic) bond motifs is 1. The van der Waals surface area contributed by atoms with E-state index in [1.54, 1.807) is 0 Å². The Balaban J connectivity index is 1.98. The molecule has 0 aromatic heterocycles. The summed E-state index contributed by atoms with van der Waals surface area (Å²) in [5.74, 6) is 1.09. The van der Waals surface area contributed by atoms with E-state index in [4.69, 9.17) is 14.2 Å². The van der Waals surface area contributed by atoms with Crippen LogP contribution in [0.25, 0.3) is 11.1 Å².